The molecule has 26 heavy (non-hydrogen) atoms. The summed E-state index contributed by atoms with van der Waals surface area (Å²) in [6.45, 7) is 6.53. The molecule has 0 unspecified atom stereocenters. The van der Waals surface area contributed by atoms with Crippen LogP contribution in [-0.2, 0) is 12.7 Å². The number of pyridine rings is 1. The average Bonchev–Trinajstić information content (AvgIpc) is 3.09. The molecule has 3 aromatic rings. The van der Waals surface area contributed by atoms with Gasteiger partial charge in [-0.1, -0.05) is 13.0 Å². The van der Waals surface area contributed by atoms with Crippen molar-refractivity contribution in [2.75, 3.05) is 13.6 Å². The molecule has 0 radical (unpaired) electrons. The van der Waals surface area contributed by atoms with E-state index in [4.69, 9.17) is 0 Å². The fourth-order valence-corrected chi connectivity index (χ4v) is 3.22. The molecule has 5 nitrogen and oxygen atoms in total. The fraction of sp³-hybridized carbons (Fsp3) is 0.444. The minimum atomic E-state index is -4.52. The number of hydrogen-bond acceptors (Lipinski definition) is 3. The molecule has 0 amide bonds. The lowest BCUT2D eigenvalue weighted by Gasteiger charge is -2.16. The number of allylic oxidation sites excluding steroid dienone is 2. The second-order valence-corrected chi connectivity index (χ2v) is 6.39. The van der Waals surface area contributed by atoms with Crippen molar-refractivity contribution in [2.24, 2.45) is 0 Å². The number of halogens is 3. The number of fused-ring (bicyclic) bond motifs is 3. The number of hydrogen-bond donors (Lipinski definition) is 0. The van der Waals surface area contributed by atoms with Gasteiger partial charge in [-0.05, 0) is 46.0 Å². The van der Waals surface area contributed by atoms with E-state index >= 15 is 0 Å². The van der Waals surface area contributed by atoms with Gasteiger partial charge in [0.05, 0.1) is 11.2 Å². The highest BCUT2D eigenvalue weighted by Crippen LogP contribution is 2.35. The summed E-state index contributed by atoms with van der Waals surface area (Å²) in [7, 11) is 1.82. The molecule has 0 N–H and O–H groups in total. The van der Waals surface area contributed by atoms with Gasteiger partial charge in [0.1, 0.15) is 0 Å². The van der Waals surface area contributed by atoms with Crippen LogP contribution >= 0.6 is 0 Å². The van der Waals surface area contributed by atoms with E-state index in [1.807, 2.05) is 38.8 Å². The summed E-state index contributed by atoms with van der Waals surface area (Å²) >= 11 is 0. The van der Waals surface area contributed by atoms with Gasteiger partial charge in [-0.15, -0.1) is 0 Å². The second kappa shape index (κ2) is 6.75. The molecule has 0 fully saturated rings. The van der Waals surface area contributed by atoms with Crippen molar-refractivity contribution in [1.29, 1.82) is 0 Å². The molecule has 0 aliphatic carbocycles. The maximum Gasteiger partial charge on any atom is 0.435 e. The van der Waals surface area contributed by atoms with E-state index in [-0.39, 0.29) is 18.0 Å². The molecule has 3 aromatic heterocycles. The van der Waals surface area contributed by atoms with Crippen LogP contribution in [0.2, 0.25) is 0 Å². The standard InChI is InChI=1S/C18H22F3N5/c1-5-10-24(4)11-14-15(18(19,20)21)23-17-25(12(3)6-2)16-13(26(14)17)8-7-9-22-16/h6-9H,5,10-11H2,1-4H3/b12-6+. The molecule has 0 saturated heterocycles. The SMILES string of the molecule is C/C=C(\C)n1c2ncccc2n2c(CN(C)CCC)c(C(F)(F)F)nc12. The maximum atomic E-state index is 13.7. The Morgan fingerprint density at radius 3 is 2.69 bits per heavy atom. The first-order valence-corrected chi connectivity index (χ1v) is 8.55. The minimum Gasteiger partial charge on any atom is -0.301 e. The fourth-order valence-electron chi connectivity index (χ4n) is 3.22. The molecular formula is C18H22F3N5. The normalized spacial score (nSPS) is 13.5. The van der Waals surface area contributed by atoms with Crippen molar-refractivity contribution < 1.29 is 13.2 Å². The predicted molar refractivity (Wildman–Crippen MR) is 95.7 cm³/mol. The Morgan fingerprint density at radius 2 is 2.08 bits per heavy atom. The third-order valence-corrected chi connectivity index (χ3v) is 4.44. The van der Waals surface area contributed by atoms with Gasteiger partial charge in [0, 0.05) is 18.4 Å². The molecule has 8 heteroatoms. The Hall–Kier alpha value is -2.35. The summed E-state index contributed by atoms with van der Waals surface area (Å²) in [4.78, 5) is 10.2. The number of rotatable bonds is 5. The summed E-state index contributed by atoms with van der Waals surface area (Å²) in [5.41, 5.74) is 1.30. The van der Waals surface area contributed by atoms with Gasteiger partial charge in [0.25, 0.3) is 0 Å². The van der Waals surface area contributed by atoms with E-state index in [2.05, 4.69) is 9.97 Å². The first-order chi connectivity index (χ1) is 12.3. The van der Waals surface area contributed by atoms with Gasteiger partial charge < -0.3 is 4.90 Å². The summed E-state index contributed by atoms with van der Waals surface area (Å²) in [6.07, 6.45) is -0.188. The van der Waals surface area contributed by atoms with Crippen molar-refractivity contribution in [3.05, 3.63) is 35.8 Å². The molecular weight excluding hydrogens is 343 g/mol. The van der Waals surface area contributed by atoms with E-state index < -0.39 is 11.9 Å². The van der Waals surface area contributed by atoms with Crippen LogP contribution in [0.25, 0.3) is 22.6 Å². The van der Waals surface area contributed by atoms with Crippen LogP contribution in [0, 0.1) is 0 Å². The van der Waals surface area contributed by atoms with Gasteiger partial charge in [0.15, 0.2) is 11.3 Å². The molecule has 0 saturated carbocycles. The topological polar surface area (TPSA) is 38.4 Å². The van der Waals surface area contributed by atoms with Crippen LogP contribution in [0.1, 0.15) is 38.6 Å². The van der Waals surface area contributed by atoms with Crippen LogP contribution in [0.3, 0.4) is 0 Å². The first kappa shape index (κ1) is 18.4. The van der Waals surface area contributed by atoms with Crippen molar-refractivity contribution in [3.8, 4) is 0 Å². The summed E-state index contributed by atoms with van der Waals surface area (Å²) in [5.74, 6) is 0.238. The lowest BCUT2D eigenvalue weighted by Crippen LogP contribution is -2.22. The van der Waals surface area contributed by atoms with E-state index in [0.29, 0.717) is 17.7 Å². The Labute approximate surface area is 149 Å². The zero-order chi connectivity index (χ0) is 19.1. The van der Waals surface area contributed by atoms with Crippen LogP contribution < -0.4 is 0 Å². The van der Waals surface area contributed by atoms with Gasteiger partial charge in [-0.2, -0.15) is 13.2 Å². The Balaban J connectivity index is 2.39. The monoisotopic (exact) mass is 365 g/mol. The quantitative estimate of drug-likeness (QED) is 0.672. The molecule has 3 rings (SSSR count). The number of imidazole rings is 2. The molecule has 140 valence electrons. The smallest absolute Gasteiger partial charge is 0.301 e. The van der Waals surface area contributed by atoms with Crippen molar-refractivity contribution >= 4 is 22.6 Å². The van der Waals surface area contributed by atoms with Gasteiger partial charge in [-0.25, -0.2) is 9.97 Å². The van der Waals surface area contributed by atoms with E-state index in [1.165, 1.54) is 0 Å². The molecule has 0 atom stereocenters. The molecule has 0 bridgehead atoms. The highest BCUT2D eigenvalue weighted by Gasteiger charge is 2.39. The lowest BCUT2D eigenvalue weighted by molar-refractivity contribution is -0.141. The second-order valence-electron chi connectivity index (χ2n) is 6.39. The summed E-state index contributed by atoms with van der Waals surface area (Å²) in [6, 6.07) is 3.50. The van der Waals surface area contributed by atoms with Gasteiger partial charge in [-0.3, -0.25) is 8.97 Å². The van der Waals surface area contributed by atoms with Crippen LogP contribution in [0.4, 0.5) is 13.2 Å². The molecule has 0 aliphatic heterocycles. The summed E-state index contributed by atoms with van der Waals surface area (Å²) in [5, 5.41) is 0. The molecule has 0 aromatic carbocycles. The van der Waals surface area contributed by atoms with Crippen LogP contribution in [0.15, 0.2) is 24.4 Å². The first-order valence-electron chi connectivity index (χ1n) is 8.55. The van der Waals surface area contributed by atoms with Crippen LogP contribution in [-0.4, -0.2) is 37.4 Å². The minimum absolute atomic E-state index is 0.143. The Bertz CT molecular complexity index is 965. The average molecular weight is 365 g/mol. The van der Waals surface area contributed by atoms with E-state index in [9.17, 15) is 13.2 Å². The van der Waals surface area contributed by atoms with Gasteiger partial charge in [0.2, 0.25) is 5.78 Å². The zero-order valence-electron chi connectivity index (χ0n) is 15.3. The molecule has 0 aliphatic rings. The molecule has 0 spiro atoms. The van der Waals surface area contributed by atoms with Crippen molar-refractivity contribution in [2.45, 2.75) is 39.9 Å². The predicted octanol–water partition coefficient (Wildman–Crippen LogP) is 4.43. The zero-order valence-corrected chi connectivity index (χ0v) is 15.3. The highest BCUT2D eigenvalue weighted by molar-refractivity contribution is 5.82. The van der Waals surface area contributed by atoms with Crippen molar-refractivity contribution in [3.63, 3.8) is 0 Å². The maximum absolute atomic E-state index is 13.7. The van der Waals surface area contributed by atoms with Gasteiger partial charge >= 0.3 is 6.18 Å². The largest absolute Gasteiger partial charge is 0.435 e. The third kappa shape index (κ3) is 2.98. The molecule has 3 heterocycles. The van der Waals surface area contributed by atoms with Crippen molar-refractivity contribution in [1.82, 2.24) is 23.8 Å². The van der Waals surface area contributed by atoms with Crippen LogP contribution in [0.5, 0.6) is 0 Å². The van der Waals surface area contributed by atoms with E-state index in [0.717, 1.165) is 12.1 Å². The van der Waals surface area contributed by atoms with E-state index in [1.54, 1.807) is 27.3 Å². The number of alkyl halides is 3. The lowest BCUT2D eigenvalue weighted by atomic mass is 10.2. The highest BCUT2D eigenvalue weighted by atomic mass is 19.4. The Kier molecular flexibility index (Phi) is 4.79. The number of nitrogens with zero attached hydrogens (tertiary/aromatic N) is 5. The summed E-state index contributed by atoms with van der Waals surface area (Å²) < 4.78 is 44.3. The third-order valence-electron chi connectivity index (χ3n) is 4.44. The number of aromatic nitrogens is 4. The Morgan fingerprint density at radius 1 is 1.35 bits per heavy atom.